The highest BCUT2D eigenvalue weighted by Gasteiger charge is 2.33. The molecule has 0 aliphatic carbocycles. The summed E-state index contributed by atoms with van der Waals surface area (Å²) in [6.07, 6.45) is 2.46. The standard InChI is InChI=1S/C11H24N2O/c1-11(2)8-10(9-12)4-5-13(11)6-7-14-3/h10H,4-9,12H2,1-3H3. The Bertz CT molecular complexity index is 171. The maximum Gasteiger partial charge on any atom is 0.0589 e. The van der Waals surface area contributed by atoms with Gasteiger partial charge in [-0.1, -0.05) is 0 Å². The van der Waals surface area contributed by atoms with Crippen LogP contribution < -0.4 is 5.73 Å². The van der Waals surface area contributed by atoms with Crippen LogP contribution >= 0.6 is 0 Å². The second-order valence-electron chi connectivity index (χ2n) is 4.89. The minimum absolute atomic E-state index is 0.292. The molecule has 0 aromatic rings. The number of hydrogen-bond donors (Lipinski definition) is 1. The van der Waals surface area contributed by atoms with Crippen LogP contribution in [0.4, 0.5) is 0 Å². The van der Waals surface area contributed by atoms with Crippen molar-refractivity contribution < 1.29 is 4.74 Å². The summed E-state index contributed by atoms with van der Waals surface area (Å²) in [5.74, 6) is 0.712. The van der Waals surface area contributed by atoms with E-state index >= 15 is 0 Å². The topological polar surface area (TPSA) is 38.5 Å². The average Bonchev–Trinajstić information content (AvgIpc) is 2.15. The molecular weight excluding hydrogens is 176 g/mol. The van der Waals surface area contributed by atoms with Gasteiger partial charge in [0.15, 0.2) is 0 Å². The maximum atomic E-state index is 5.73. The van der Waals surface area contributed by atoms with Crippen LogP contribution in [0.1, 0.15) is 26.7 Å². The largest absolute Gasteiger partial charge is 0.383 e. The molecule has 1 atom stereocenters. The van der Waals surface area contributed by atoms with Crippen LogP contribution in [0.5, 0.6) is 0 Å². The number of nitrogens with two attached hydrogens (primary N) is 1. The Hall–Kier alpha value is -0.120. The van der Waals surface area contributed by atoms with Gasteiger partial charge in [-0.3, -0.25) is 4.90 Å². The monoisotopic (exact) mass is 200 g/mol. The molecule has 1 heterocycles. The van der Waals surface area contributed by atoms with Crippen LogP contribution in [0.15, 0.2) is 0 Å². The van der Waals surface area contributed by atoms with Crippen molar-refractivity contribution in [1.29, 1.82) is 0 Å². The zero-order valence-electron chi connectivity index (χ0n) is 9.75. The summed E-state index contributed by atoms with van der Waals surface area (Å²) in [5.41, 5.74) is 6.02. The van der Waals surface area contributed by atoms with E-state index in [4.69, 9.17) is 10.5 Å². The van der Waals surface area contributed by atoms with Crippen molar-refractivity contribution in [3.63, 3.8) is 0 Å². The predicted octanol–water partition coefficient (Wildman–Crippen LogP) is 1.08. The van der Waals surface area contributed by atoms with Gasteiger partial charge < -0.3 is 10.5 Å². The SMILES string of the molecule is COCCN1CCC(CN)CC1(C)C. The smallest absolute Gasteiger partial charge is 0.0589 e. The highest BCUT2D eigenvalue weighted by atomic mass is 16.5. The second kappa shape index (κ2) is 5.10. The minimum atomic E-state index is 0.292. The first kappa shape index (κ1) is 12.0. The minimum Gasteiger partial charge on any atom is -0.383 e. The number of ether oxygens (including phenoxy) is 1. The number of rotatable bonds is 4. The first-order valence-corrected chi connectivity index (χ1v) is 5.54. The van der Waals surface area contributed by atoms with Crippen molar-refractivity contribution in [1.82, 2.24) is 4.90 Å². The number of piperidine rings is 1. The summed E-state index contributed by atoms with van der Waals surface area (Å²) in [5, 5.41) is 0. The summed E-state index contributed by atoms with van der Waals surface area (Å²) in [7, 11) is 1.76. The first-order chi connectivity index (χ1) is 6.60. The van der Waals surface area contributed by atoms with E-state index in [-0.39, 0.29) is 0 Å². The van der Waals surface area contributed by atoms with Crippen molar-refractivity contribution in [2.24, 2.45) is 11.7 Å². The van der Waals surface area contributed by atoms with Crippen LogP contribution in [0.25, 0.3) is 0 Å². The van der Waals surface area contributed by atoms with E-state index < -0.39 is 0 Å². The molecule has 1 saturated heterocycles. The summed E-state index contributed by atoms with van der Waals surface area (Å²) in [6.45, 7) is 8.49. The lowest BCUT2D eigenvalue weighted by Gasteiger charge is -2.45. The van der Waals surface area contributed by atoms with Crippen LogP contribution in [0.3, 0.4) is 0 Å². The van der Waals surface area contributed by atoms with E-state index in [2.05, 4.69) is 18.7 Å². The van der Waals surface area contributed by atoms with Crippen molar-refractivity contribution in [2.75, 3.05) is 33.4 Å². The van der Waals surface area contributed by atoms with Gasteiger partial charge in [-0.25, -0.2) is 0 Å². The van der Waals surface area contributed by atoms with E-state index in [1.807, 2.05) is 0 Å². The van der Waals surface area contributed by atoms with Gasteiger partial charge in [0.25, 0.3) is 0 Å². The molecule has 0 amide bonds. The highest BCUT2D eigenvalue weighted by Crippen LogP contribution is 2.30. The lowest BCUT2D eigenvalue weighted by atomic mass is 9.83. The van der Waals surface area contributed by atoms with Crippen molar-refractivity contribution in [3.05, 3.63) is 0 Å². The third kappa shape index (κ3) is 2.94. The molecule has 0 radical (unpaired) electrons. The van der Waals surface area contributed by atoms with Gasteiger partial charge in [0.1, 0.15) is 0 Å². The van der Waals surface area contributed by atoms with E-state index in [1.54, 1.807) is 7.11 Å². The molecule has 1 aliphatic rings. The van der Waals surface area contributed by atoms with Crippen LogP contribution in [0.2, 0.25) is 0 Å². The fraction of sp³-hybridized carbons (Fsp3) is 1.00. The Balaban J connectivity index is 2.45. The van der Waals surface area contributed by atoms with Gasteiger partial charge in [-0.05, 0) is 45.7 Å². The summed E-state index contributed by atoms with van der Waals surface area (Å²) in [6, 6.07) is 0. The molecule has 0 bridgehead atoms. The van der Waals surface area contributed by atoms with Gasteiger partial charge >= 0.3 is 0 Å². The zero-order valence-corrected chi connectivity index (χ0v) is 9.75. The Labute approximate surface area is 87.6 Å². The molecule has 0 aromatic carbocycles. The van der Waals surface area contributed by atoms with E-state index in [1.165, 1.54) is 12.8 Å². The molecule has 1 aliphatic heterocycles. The number of methoxy groups -OCH3 is 1. The lowest BCUT2D eigenvalue weighted by molar-refractivity contribution is 0.0270. The molecule has 0 spiro atoms. The molecule has 1 unspecified atom stereocenters. The molecule has 14 heavy (non-hydrogen) atoms. The molecule has 2 N–H and O–H groups in total. The molecule has 0 saturated carbocycles. The fourth-order valence-electron chi connectivity index (χ4n) is 2.40. The van der Waals surface area contributed by atoms with E-state index in [0.717, 1.165) is 26.2 Å². The third-order valence-corrected chi connectivity index (χ3v) is 3.35. The Morgan fingerprint density at radius 3 is 2.71 bits per heavy atom. The average molecular weight is 200 g/mol. The van der Waals surface area contributed by atoms with E-state index in [0.29, 0.717) is 11.5 Å². The highest BCUT2D eigenvalue weighted by molar-refractivity contribution is 4.89. The summed E-state index contributed by atoms with van der Waals surface area (Å²) < 4.78 is 5.12. The fourth-order valence-corrected chi connectivity index (χ4v) is 2.40. The molecule has 3 nitrogen and oxygen atoms in total. The molecule has 3 heteroatoms. The number of likely N-dealkylation sites (tertiary alicyclic amines) is 1. The quantitative estimate of drug-likeness (QED) is 0.738. The maximum absolute atomic E-state index is 5.73. The van der Waals surface area contributed by atoms with Gasteiger partial charge in [0.05, 0.1) is 6.61 Å². The Morgan fingerprint density at radius 1 is 1.50 bits per heavy atom. The summed E-state index contributed by atoms with van der Waals surface area (Å²) in [4.78, 5) is 2.52. The van der Waals surface area contributed by atoms with Crippen LogP contribution in [-0.4, -0.2) is 43.8 Å². The number of hydrogen-bond acceptors (Lipinski definition) is 3. The molecular formula is C11H24N2O. The van der Waals surface area contributed by atoms with Gasteiger partial charge in [-0.2, -0.15) is 0 Å². The Morgan fingerprint density at radius 2 is 2.21 bits per heavy atom. The second-order valence-corrected chi connectivity index (χ2v) is 4.89. The lowest BCUT2D eigenvalue weighted by Crippen LogP contribution is -2.52. The van der Waals surface area contributed by atoms with Gasteiger partial charge in [0, 0.05) is 19.2 Å². The zero-order chi connectivity index (χ0) is 10.6. The van der Waals surface area contributed by atoms with Gasteiger partial charge in [0.2, 0.25) is 0 Å². The number of nitrogens with zero attached hydrogens (tertiary/aromatic N) is 1. The van der Waals surface area contributed by atoms with Crippen molar-refractivity contribution in [3.8, 4) is 0 Å². The van der Waals surface area contributed by atoms with Crippen molar-refractivity contribution >= 4 is 0 Å². The van der Waals surface area contributed by atoms with Crippen LogP contribution in [0, 0.1) is 5.92 Å². The third-order valence-electron chi connectivity index (χ3n) is 3.35. The first-order valence-electron chi connectivity index (χ1n) is 5.54. The summed E-state index contributed by atoms with van der Waals surface area (Å²) >= 11 is 0. The van der Waals surface area contributed by atoms with E-state index in [9.17, 15) is 0 Å². The Kier molecular flexibility index (Phi) is 4.35. The normalized spacial score (nSPS) is 27.9. The molecule has 84 valence electrons. The molecule has 0 aromatic heterocycles. The predicted molar refractivity (Wildman–Crippen MR) is 59.3 cm³/mol. The molecule has 1 fully saturated rings. The van der Waals surface area contributed by atoms with Gasteiger partial charge in [-0.15, -0.1) is 0 Å². The van der Waals surface area contributed by atoms with Crippen molar-refractivity contribution in [2.45, 2.75) is 32.2 Å². The molecule has 1 rings (SSSR count). The van der Waals surface area contributed by atoms with Crippen LogP contribution in [-0.2, 0) is 4.74 Å².